The van der Waals surface area contributed by atoms with E-state index in [1.54, 1.807) is 0 Å². The number of hydrogen-bond acceptors (Lipinski definition) is 5. The van der Waals surface area contributed by atoms with Crippen LogP contribution in [-0.4, -0.2) is 26.5 Å². The van der Waals surface area contributed by atoms with E-state index in [0.29, 0.717) is 5.69 Å². The molecule has 0 bridgehead atoms. The third-order valence-electron chi connectivity index (χ3n) is 5.72. The van der Waals surface area contributed by atoms with Crippen LogP contribution in [0.3, 0.4) is 0 Å². The standard InChI is InChI=1S/C28H29F2N3O2S/c1-36-18-14-27-31-15-17-33(27)16-3-2-5-21-8-10-23(11-9-21)34-19-22-20-35-28(32-22)13-12-24-25(29)6-4-7-26(24)30/h4,6-13,15,17,20H,2-3,5,14,16,18-19H2,1H3/b13-12+. The van der Waals surface area contributed by atoms with Crippen molar-refractivity contribution in [3.8, 4) is 5.75 Å². The van der Waals surface area contributed by atoms with Crippen molar-refractivity contribution in [2.24, 2.45) is 0 Å². The first-order chi connectivity index (χ1) is 17.6. The van der Waals surface area contributed by atoms with Crippen molar-refractivity contribution in [2.75, 3.05) is 12.0 Å². The maximum atomic E-state index is 13.7. The van der Waals surface area contributed by atoms with Crippen LogP contribution in [-0.2, 0) is 26.0 Å². The van der Waals surface area contributed by atoms with Crippen molar-refractivity contribution in [3.63, 3.8) is 0 Å². The Labute approximate surface area is 214 Å². The number of halogens is 2. The quantitative estimate of drug-likeness (QED) is 0.185. The van der Waals surface area contributed by atoms with Crippen molar-refractivity contribution in [1.82, 2.24) is 14.5 Å². The van der Waals surface area contributed by atoms with Gasteiger partial charge in [0.05, 0.1) is 0 Å². The lowest BCUT2D eigenvalue weighted by Crippen LogP contribution is -2.05. The first-order valence-electron chi connectivity index (χ1n) is 11.9. The smallest absolute Gasteiger partial charge is 0.218 e. The zero-order valence-electron chi connectivity index (χ0n) is 20.2. The van der Waals surface area contributed by atoms with Crippen LogP contribution >= 0.6 is 11.8 Å². The van der Waals surface area contributed by atoms with Gasteiger partial charge in [0.1, 0.15) is 41.8 Å². The van der Waals surface area contributed by atoms with Crippen molar-refractivity contribution in [1.29, 1.82) is 0 Å². The van der Waals surface area contributed by atoms with Crippen LogP contribution in [0.5, 0.6) is 5.75 Å². The van der Waals surface area contributed by atoms with Gasteiger partial charge in [-0.1, -0.05) is 18.2 Å². The Morgan fingerprint density at radius 3 is 2.61 bits per heavy atom. The number of rotatable bonds is 13. The summed E-state index contributed by atoms with van der Waals surface area (Å²) in [6.45, 7) is 1.23. The number of aromatic nitrogens is 3. The van der Waals surface area contributed by atoms with Crippen molar-refractivity contribution in [3.05, 3.63) is 101 Å². The molecule has 36 heavy (non-hydrogen) atoms. The lowest BCUT2D eigenvalue weighted by atomic mass is 10.1. The maximum absolute atomic E-state index is 13.7. The van der Waals surface area contributed by atoms with Crippen LogP contribution in [0.25, 0.3) is 12.2 Å². The molecule has 0 saturated carbocycles. The Bertz CT molecular complexity index is 1250. The summed E-state index contributed by atoms with van der Waals surface area (Å²) in [7, 11) is 0. The highest BCUT2D eigenvalue weighted by Crippen LogP contribution is 2.18. The van der Waals surface area contributed by atoms with Crippen LogP contribution in [0.15, 0.2) is 65.5 Å². The monoisotopic (exact) mass is 509 g/mol. The molecule has 0 aliphatic carbocycles. The molecule has 2 aromatic carbocycles. The number of unbranched alkanes of at least 4 members (excludes halogenated alkanes) is 1. The zero-order chi connectivity index (χ0) is 25.2. The average Bonchev–Trinajstić information content (AvgIpc) is 3.54. The molecule has 0 aliphatic heterocycles. The second-order valence-corrected chi connectivity index (χ2v) is 9.30. The van der Waals surface area contributed by atoms with E-state index in [4.69, 9.17) is 9.15 Å². The Kier molecular flexibility index (Phi) is 9.33. The Hall–Kier alpha value is -3.39. The van der Waals surface area contributed by atoms with Gasteiger partial charge >= 0.3 is 0 Å². The first kappa shape index (κ1) is 25.7. The fraction of sp³-hybridized carbons (Fsp3) is 0.286. The third kappa shape index (κ3) is 7.31. The second kappa shape index (κ2) is 13.1. The van der Waals surface area contributed by atoms with Gasteiger partial charge in [0.25, 0.3) is 0 Å². The van der Waals surface area contributed by atoms with Gasteiger partial charge in [-0.2, -0.15) is 11.8 Å². The van der Waals surface area contributed by atoms with Crippen LogP contribution < -0.4 is 4.74 Å². The highest BCUT2D eigenvalue weighted by Gasteiger charge is 2.07. The summed E-state index contributed by atoms with van der Waals surface area (Å²) in [6.07, 6.45) is 14.5. The molecule has 0 unspecified atom stereocenters. The molecule has 0 amide bonds. The summed E-state index contributed by atoms with van der Waals surface area (Å²) >= 11 is 1.84. The summed E-state index contributed by atoms with van der Waals surface area (Å²) in [4.78, 5) is 8.74. The SMILES string of the molecule is CSCCc1nccn1CCCCc1ccc(OCc2coc(/C=C/c3c(F)cccc3F)n2)cc1. The van der Waals surface area contributed by atoms with E-state index >= 15 is 0 Å². The number of benzene rings is 2. The second-order valence-electron chi connectivity index (χ2n) is 8.32. The van der Waals surface area contributed by atoms with Crippen LogP contribution in [0.4, 0.5) is 8.78 Å². The summed E-state index contributed by atoms with van der Waals surface area (Å²) in [5.74, 6) is 1.97. The normalized spacial score (nSPS) is 11.4. The van der Waals surface area contributed by atoms with E-state index in [9.17, 15) is 8.78 Å². The fourth-order valence-electron chi connectivity index (χ4n) is 3.78. The van der Waals surface area contributed by atoms with E-state index < -0.39 is 11.6 Å². The van der Waals surface area contributed by atoms with Gasteiger partial charge in [0.2, 0.25) is 5.89 Å². The van der Waals surface area contributed by atoms with E-state index in [1.807, 2.05) is 30.1 Å². The molecule has 188 valence electrons. The Morgan fingerprint density at radius 1 is 1.03 bits per heavy atom. The molecule has 2 heterocycles. The number of aryl methyl sites for hydroxylation is 3. The van der Waals surface area contributed by atoms with Gasteiger partial charge in [-0.3, -0.25) is 0 Å². The number of ether oxygens (including phenoxy) is 1. The Balaban J connectivity index is 1.20. The van der Waals surface area contributed by atoms with Crippen molar-refractivity contribution >= 4 is 23.9 Å². The molecular formula is C28H29F2N3O2S. The predicted octanol–water partition coefficient (Wildman–Crippen LogP) is 6.83. The lowest BCUT2D eigenvalue weighted by molar-refractivity contribution is 0.301. The highest BCUT2D eigenvalue weighted by atomic mass is 32.2. The minimum atomic E-state index is -0.640. The summed E-state index contributed by atoms with van der Waals surface area (Å²) in [6, 6.07) is 11.8. The summed E-state index contributed by atoms with van der Waals surface area (Å²) < 4.78 is 40.9. The molecule has 0 saturated heterocycles. The first-order valence-corrected chi connectivity index (χ1v) is 13.3. The van der Waals surface area contributed by atoms with Crippen molar-refractivity contribution < 1.29 is 17.9 Å². The molecule has 0 N–H and O–H groups in total. The van der Waals surface area contributed by atoms with Gasteiger partial charge in [0, 0.05) is 42.8 Å². The van der Waals surface area contributed by atoms with Crippen LogP contribution in [0, 0.1) is 11.6 Å². The lowest BCUT2D eigenvalue weighted by Gasteiger charge is -2.08. The summed E-state index contributed by atoms with van der Waals surface area (Å²) in [5, 5.41) is 0. The minimum Gasteiger partial charge on any atom is -0.487 e. The molecule has 8 heteroatoms. The summed E-state index contributed by atoms with van der Waals surface area (Å²) in [5.41, 5.74) is 1.72. The number of oxazole rings is 1. The number of hydrogen-bond donors (Lipinski definition) is 0. The van der Waals surface area contributed by atoms with Gasteiger partial charge in [-0.05, 0) is 61.4 Å². The van der Waals surface area contributed by atoms with Crippen LogP contribution in [0.1, 0.15) is 41.4 Å². The average molecular weight is 510 g/mol. The number of thioether (sulfide) groups is 1. The fourth-order valence-corrected chi connectivity index (χ4v) is 4.16. The van der Waals surface area contributed by atoms with Gasteiger partial charge in [-0.25, -0.2) is 18.7 Å². The number of imidazole rings is 1. The topological polar surface area (TPSA) is 53.1 Å². The molecule has 2 aromatic heterocycles. The highest BCUT2D eigenvalue weighted by molar-refractivity contribution is 7.98. The van der Waals surface area contributed by atoms with E-state index in [2.05, 4.69) is 39.1 Å². The van der Waals surface area contributed by atoms with Crippen molar-refractivity contribution in [2.45, 2.75) is 38.8 Å². The van der Waals surface area contributed by atoms with Gasteiger partial charge in [0.15, 0.2) is 0 Å². The Morgan fingerprint density at radius 2 is 1.83 bits per heavy atom. The third-order valence-corrected chi connectivity index (χ3v) is 6.33. The van der Waals surface area contributed by atoms with E-state index in [-0.39, 0.29) is 18.1 Å². The molecular weight excluding hydrogens is 480 g/mol. The van der Waals surface area contributed by atoms with Crippen LogP contribution in [0.2, 0.25) is 0 Å². The molecule has 0 fully saturated rings. The molecule has 4 rings (SSSR count). The molecule has 0 aliphatic rings. The largest absolute Gasteiger partial charge is 0.487 e. The minimum absolute atomic E-state index is 0.133. The molecule has 5 nitrogen and oxygen atoms in total. The molecule has 0 atom stereocenters. The van der Waals surface area contributed by atoms with Gasteiger partial charge in [-0.15, -0.1) is 0 Å². The van der Waals surface area contributed by atoms with E-state index in [1.165, 1.54) is 48.0 Å². The zero-order valence-corrected chi connectivity index (χ0v) is 21.0. The number of nitrogens with zero attached hydrogens (tertiary/aromatic N) is 3. The van der Waals surface area contributed by atoms with Gasteiger partial charge < -0.3 is 13.7 Å². The molecule has 0 radical (unpaired) electrons. The molecule has 0 spiro atoms. The predicted molar refractivity (Wildman–Crippen MR) is 140 cm³/mol. The van der Waals surface area contributed by atoms with E-state index in [0.717, 1.165) is 43.7 Å². The maximum Gasteiger partial charge on any atom is 0.218 e. The molecule has 4 aromatic rings.